The Balaban J connectivity index is 1.92. The minimum absolute atomic E-state index is 0.0742. The molecule has 2 atom stereocenters. The molecule has 0 N–H and O–H groups in total. The first-order chi connectivity index (χ1) is 10.4. The van der Waals surface area contributed by atoms with E-state index in [1.807, 2.05) is 6.20 Å². The van der Waals surface area contributed by atoms with Crippen molar-refractivity contribution in [3.8, 4) is 0 Å². The predicted octanol–water partition coefficient (Wildman–Crippen LogP) is 2.48. The first-order valence-electron chi connectivity index (χ1n) is 7.83. The maximum absolute atomic E-state index is 12.0. The van der Waals surface area contributed by atoms with Crippen molar-refractivity contribution < 1.29 is 9.53 Å². The monoisotopic (exact) mass is 300 g/mol. The fourth-order valence-corrected chi connectivity index (χ4v) is 4.34. The van der Waals surface area contributed by atoms with E-state index in [1.54, 1.807) is 11.3 Å². The van der Waals surface area contributed by atoms with Crippen LogP contribution in [0.2, 0.25) is 0 Å². The van der Waals surface area contributed by atoms with Crippen LogP contribution in [0.15, 0.2) is 6.20 Å². The highest BCUT2D eigenvalue weighted by Crippen LogP contribution is 2.67. The zero-order chi connectivity index (χ0) is 15.7. The molecule has 4 rings (SSSR count). The Labute approximate surface area is 128 Å². The number of fused-ring (bicyclic) bond motifs is 6. The number of esters is 1. The number of hydrogen-bond acceptors (Lipinski definition) is 5. The number of carbonyl (C=O) groups excluding carboxylic acids is 1. The molecular weight excluding hydrogens is 280 g/mol. The van der Waals surface area contributed by atoms with Crippen LogP contribution in [0.1, 0.15) is 68.3 Å². The van der Waals surface area contributed by atoms with Gasteiger partial charge < -0.3 is 4.74 Å². The molecule has 0 unspecified atom stereocenters. The Morgan fingerprint density at radius 2 is 2.18 bits per heavy atom. The highest BCUT2D eigenvalue weighted by atomic mass is 16.5. The second-order valence-electron chi connectivity index (χ2n) is 7.10. The summed E-state index contributed by atoms with van der Waals surface area (Å²) in [6, 6.07) is 0. The molecule has 1 saturated carbocycles. The molecule has 2 aromatic rings. The summed E-state index contributed by atoms with van der Waals surface area (Å²) in [4.78, 5) is 16.7. The van der Waals surface area contributed by atoms with Gasteiger partial charge in [0, 0.05) is 11.6 Å². The molecule has 2 bridgehead atoms. The highest BCUT2D eigenvalue weighted by Gasteiger charge is 2.60. The topological polar surface area (TPSA) is 69.4 Å². The smallest absolute Gasteiger partial charge is 0.376 e. The standard InChI is InChI=1S/C16H20N4O2/c1-5-22-13(21)12-18-19-14-17-11-9(8-20(12)14)10-6-7-16(11,4)15(10,2)3/h8,10H,5-7H2,1-4H3/t10-,16+/m1/s1. The molecule has 0 radical (unpaired) electrons. The Morgan fingerprint density at radius 3 is 2.91 bits per heavy atom. The molecule has 0 amide bonds. The van der Waals surface area contributed by atoms with Gasteiger partial charge in [-0.25, -0.2) is 9.78 Å². The number of nitrogens with zero attached hydrogens (tertiary/aromatic N) is 4. The minimum atomic E-state index is -0.453. The van der Waals surface area contributed by atoms with Crippen LogP contribution in [-0.4, -0.2) is 32.2 Å². The van der Waals surface area contributed by atoms with Gasteiger partial charge in [-0.15, -0.1) is 10.2 Å². The van der Waals surface area contributed by atoms with Crippen molar-refractivity contribution in [1.82, 2.24) is 19.6 Å². The number of ether oxygens (including phenoxy) is 1. The number of rotatable bonds is 2. The SMILES string of the molecule is CCOC(=O)c1nnc2nc3c(cn12)[C@H]1CC[C@]3(C)C1(C)C. The van der Waals surface area contributed by atoms with Crippen molar-refractivity contribution >= 4 is 11.7 Å². The summed E-state index contributed by atoms with van der Waals surface area (Å²) < 4.78 is 6.72. The Bertz CT molecular complexity index is 795. The molecule has 2 aliphatic carbocycles. The number of aromatic nitrogens is 4. The zero-order valence-corrected chi connectivity index (χ0v) is 13.4. The molecule has 0 aliphatic heterocycles. The predicted molar refractivity (Wildman–Crippen MR) is 79.8 cm³/mol. The van der Waals surface area contributed by atoms with E-state index in [2.05, 4.69) is 31.0 Å². The van der Waals surface area contributed by atoms with Crippen molar-refractivity contribution in [3.05, 3.63) is 23.3 Å². The van der Waals surface area contributed by atoms with Gasteiger partial charge in [-0.1, -0.05) is 20.8 Å². The summed E-state index contributed by atoms with van der Waals surface area (Å²) in [6.45, 7) is 9.03. The lowest BCUT2D eigenvalue weighted by atomic mass is 9.70. The van der Waals surface area contributed by atoms with Gasteiger partial charge in [0.2, 0.25) is 5.82 Å². The first kappa shape index (κ1) is 13.7. The van der Waals surface area contributed by atoms with Crippen molar-refractivity contribution in [2.24, 2.45) is 5.41 Å². The Morgan fingerprint density at radius 1 is 1.41 bits per heavy atom. The Hall–Kier alpha value is -1.98. The first-order valence-corrected chi connectivity index (χ1v) is 7.83. The van der Waals surface area contributed by atoms with Gasteiger partial charge in [0.1, 0.15) is 0 Å². The maximum Gasteiger partial charge on any atom is 0.376 e. The van der Waals surface area contributed by atoms with E-state index in [4.69, 9.17) is 9.72 Å². The van der Waals surface area contributed by atoms with Crippen LogP contribution < -0.4 is 0 Å². The van der Waals surface area contributed by atoms with E-state index >= 15 is 0 Å². The third kappa shape index (κ3) is 1.40. The zero-order valence-electron chi connectivity index (χ0n) is 13.4. The van der Waals surface area contributed by atoms with E-state index in [0.717, 1.165) is 12.1 Å². The molecule has 6 nitrogen and oxygen atoms in total. The van der Waals surface area contributed by atoms with Gasteiger partial charge in [0.05, 0.1) is 12.3 Å². The lowest BCUT2D eigenvalue weighted by Crippen LogP contribution is -2.32. The van der Waals surface area contributed by atoms with E-state index in [9.17, 15) is 4.79 Å². The van der Waals surface area contributed by atoms with E-state index in [0.29, 0.717) is 18.3 Å². The summed E-state index contributed by atoms with van der Waals surface area (Å²) >= 11 is 0. The molecular formula is C16H20N4O2. The second-order valence-corrected chi connectivity index (χ2v) is 7.10. The summed E-state index contributed by atoms with van der Waals surface area (Å²) in [5.74, 6) is 0.705. The fraction of sp³-hybridized carbons (Fsp3) is 0.625. The van der Waals surface area contributed by atoms with E-state index in [-0.39, 0.29) is 16.7 Å². The van der Waals surface area contributed by atoms with E-state index < -0.39 is 5.97 Å². The molecule has 1 fully saturated rings. The van der Waals surface area contributed by atoms with Crippen LogP contribution in [-0.2, 0) is 10.2 Å². The van der Waals surface area contributed by atoms with Crippen molar-refractivity contribution in [3.63, 3.8) is 0 Å². The van der Waals surface area contributed by atoms with Crippen LogP contribution in [0, 0.1) is 5.41 Å². The van der Waals surface area contributed by atoms with Crippen LogP contribution in [0.4, 0.5) is 0 Å². The molecule has 22 heavy (non-hydrogen) atoms. The molecule has 2 heterocycles. The molecule has 0 saturated heterocycles. The van der Waals surface area contributed by atoms with Crippen LogP contribution in [0.25, 0.3) is 5.78 Å². The van der Waals surface area contributed by atoms with Crippen LogP contribution in [0.5, 0.6) is 0 Å². The average molecular weight is 300 g/mol. The van der Waals surface area contributed by atoms with Crippen LogP contribution in [0.3, 0.4) is 0 Å². The highest BCUT2D eigenvalue weighted by molar-refractivity contribution is 5.86. The molecule has 0 spiro atoms. The maximum atomic E-state index is 12.0. The van der Waals surface area contributed by atoms with Crippen molar-refractivity contribution in [1.29, 1.82) is 0 Å². The van der Waals surface area contributed by atoms with Crippen LogP contribution >= 0.6 is 0 Å². The Kier molecular flexibility index (Phi) is 2.52. The minimum Gasteiger partial charge on any atom is -0.460 e. The molecule has 2 aromatic heterocycles. The number of hydrogen-bond donors (Lipinski definition) is 0. The lowest BCUT2D eigenvalue weighted by molar-refractivity contribution is 0.0510. The third-order valence-electron chi connectivity index (χ3n) is 6.01. The third-order valence-corrected chi connectivity index (χ3v) is 6.01. The molecule has 6 heteroatoms. The van der Waals surface area contributed by atoms with Crippen molar-refractivity contribution in [2.75, 3.05) is 6.61 Å². The molecule has 2 aliphatic rings. The largest absolute Gasteiger partial charge is 0.460 e. The van der Waals surface area contributed by atoms with Gasteiger partial charge in [-0.05, 0) is 36.7 Å². The summed E-state index contributed by atoms with van der Waals surface area (Å²) in [7, 11) is 0. The van der Waals surface area contributed by atoms with Crippen molar-refractivity contribution in [2.45, 2.75) is 51.9 Å². The summed E-state index contributed by atoms with van der Waals surface area (Å²) in [6.07, 6.45) is 4.32. The lowest BCUT2D eigenvalue weighted by Gasteiger charge is -2.34. The van der Waals surface area contributed by atoms with Gasteiger partial charge in [0.15, 0.2) is 0 Å². The normalized spacial score (nSPS) is 28.1. The second kappa shape index (κ2) is 4.06. The number of carbonyl (C=O) groups is 1. The average Bonchev–Trinajstić information content (AvgIpc) is 3.02. The van der Waals surface area contributed by atoms with Gasteiger partial charge in [0.25, 0.3) is 5.78 Å². The van der Waals surface area contributed by atoms with Gasteiger partial charge in [-0.3, -0.25) is 4.40 Å². The summed E-state index contributed by atoms with van der Waals surface area (Å²) in [5.41, 5.74) is 2.62. The molecule has 0 aromatic carbocycles. The molecule has 116 valence electrons. The van der Waals surface area contributed by atoms with E-state index in [1.165, 1.54) is 12.0 Å². The summed E-state index contributed by atoms with van der Waals surface area (Å²) in [5, 5.41) is 8.02. The van der Waals surface area contributed by atoms with Gasteiger partial charge in [-0.2, -0.15) is 0 Å². The quantitative estimate of drug-likeness (QED) is 0.797. The fourth-order valence-electron chi connectivity index (χ4n) is 4.34. The van der Waals surface area contributed by atoms with Gasteiger partial charge >= 0.3 is 5.97 Å².